The van der Waals surface area contributed by atoms with Crippen LogP contribution in [0.4, 0.5) is 0 Å². The van der Waals surface area contributed by atoms with Gasteiger partial charge in [-0.05, 0) is 31.2 Å². The van der Waals surface area contributed by atoms with Crippen molar-refractivity contribution in [3.05, 3.63) is 59.9 Å². The minimum atomic E-state index is -0.266. The van der Waals surface area contributed by atoms with Crippen molar-refractivity contribution in [1.29, 1.82) is 0 Å². The molecule has 2 aromatic carbocycles. The number of ether oxygens (including phenoxy) is 1. The highest BCUT2D eigenvalue weighted by Crippen LogP contribution is 2.17. The van der Waals surface area contributed by atoms with E-state index in [1.54, 1.807) is 24.3 Å². The number of benzene rings is 2. The van der Waals surface area contributed by atoms with Gasteiger partial charge >= 0.3 is 0 Å². The van der Waals surface area contributed by atoms with Crippen LogP contribution in [0, 0.1) is 0 Å². The number of nitrogens with one attached hydrogen (secondary N) is 2. The monoisotopic (exact) mass is 380 g/mol. The van der Waals surface area contributed by atoms with Crippen molar-refractivity contribution in [3.63, 3.8) is 0 Å². The highest BCUT2D eigenvalue weighted by molar-refractivity contribution is 5.97. The highest BCUT2D eigenvalue weighted by atomic mass is 16.5. The first-order valence-corrected chi connectivity index (χ1v) is 9.26. The number of aromatic nitrogens is 2. The van der Waals surface area contributed by atoms with E-state index in [1.807, 2.05) is 31.2 Å². The Bertz CT molecular complexity index is 981. The number of hydrogen-bond donors (Lipinski definition) is 2. The van der Waals surface area contributed by atoms with Gasteiger partial charge in [0.15, 0.2) is 0 Å². The van der Waals surface area contributed by atoms with Crippen molar-refractivity contribution in [3.8, 4) is 5.75 Å². The maximum Gasteiger partial charge on any atom is 0.255 e. The molecule has 0 saturated carbocycles. The van der Waals surface area contributed by atoms with Crippen LogP contribution in [0.1, 0.15) is 29.5 Å². The molecule has 3 rings (SSSR count). The van der Waals surface area contributed by atoms with Gasteiger partial charge in [-0.1, -0.05) is 24.3 Å². The zero-order valence-corrected chi connectivity index (χ0v) is 16.1. The van der Waals surface area contributed by atoms with Crippen molar-refractivity contribution < 1.29 is 14.3 Å². The molecule has 0 fully saturated rings. The lowest BCUT2D eigenvalue weighted by Crippen LogP contribution is -2.31. The topological polar surface area (TPSA) is 85.2 Å². The van der Waals surface area contributed by atoms with Crippen LogP contribution in [0.5, 0.6) is 5.75 Å². The predicted octanol–water partition coefficient (Wildman–Crippen LogP) is 2.50. The molecular weight excluding hydrogens is 356 g/mol. The Kier molecular flexibility index (Phi) is 6.26. The molecule has 0 atom stereocenters. The Hall–Kier alpha value is -3.35. The van der Waals surface area contributed by atoms with Crippen molar-refractivity contribution in [2.24, 2.45) is 0 Å². The fourth-order valence-corrected chi connectivity index (χ4v) is 3.10. The lowest BCUT2D eigenvalue weighted by Gasteiger charge is -2.10. The van der Waals surface area contributed by atoms with E-state index in [9.17, 15) is 9.59 Å². The number of methoxy groups -OCH3 is 1. The smallest absolute Gasteiger partial charge is 0.255 e. The molecular formula is C21H24N4O3. The van der Waals surface area contributed by atoms with Crippen LogP contribution in [-0.4, -0.2) is 35.0 Å². The van der Waals surface area contributed by atoms with Gasteiger partial charge in [-0.25, -0.2) is 4.98 Å². The van der Waals surface area contributed by atoms with E-state index in [4.69, 9.17) is 4.74 Å². The fraction of sp³-hybridized carbons (Fsp3) is 0.286. The largest absolute Gasteiger partial charge is 0.496 e. The summed E-state index contributed by atoms with van der Waals surface area (Å²) in [6.45, 7) is 3.42. The normalized spacial score (nSPS) is 10.6. The molecule has 0 saturated heterocycles. The number of imidazole rings is 1. The molecule has 28 heavy (non-hydrogen) atoms. The molecule has 7 nitrogen and oxygen atoms in total. The van der Waals surface area contributed by atoms with E-state index >= 15 is 0 Å². The molecule has 0 aliphatic carbocycles. The number of amides is 2. The summed E-state index contributed by atoms with van der Waals surface area (Å²) in [5.41, 5.74) is 2.41. The van der Waals surface area contributed by atoms with E-state index in [1.165, 1.54) is 7.11 Å². The van der Waals surface area contributed by atoms with Crippen molar-refractivity contribution in [2.45, 2.75) is 26.4 Å². The second-order valence-electron chi connectivity index (χ2n) is 6.24. The molecule has 3 aromatic rings. The van der Waals surface area contributed by atoms with Gasteiger partial charge in [0, 0.05) is 19.5 Å². The molecule has 0 aliphatic heterocycles. The van der Waals surface area contributed by atoms with E-state index in [2.05, 4.69) is 20.2 Å². The van der Waals surface area contributed by atoms with Gasteiger partial charge in [-0.2, -0.15) is 0 Å². The molecule has 0 spiro atoms. The Morgan fingerprint density at radius 3 is 2.61 bits per heavy atom. The summed E-state index contributed by atoms with van der Waals surface area (Å²) in [5, 5.41) is 5.62. The number of hydrogen-bond acceptors (Lipinski definition) is 4. The molecule has 0 unspecified atom stereocenters. The van der Waals surface area contributed by atoms with Crippen molar-refractivity contribution >= 4 is 22.8 Å². The molecule has 0 aliphatic rings. The summed E-state index contributed by atoms with van der Waals surface area (Å²) in [4.78, 5) is 29.0. The summed E-state index contributed by atoms with van der Waals surface area (Å²) in [6.07, 6.45) is 0.188. The van der Waals surface area contributed by atoms with Gasteiger partial charge in [0.1, 0.15) is 11.6 Å². The SMILES string of the molecule is CCn1c(CNC(=O)CCNC(=O)c2ccccc2OC)nc2ccccc21. The second-order valence-corrected chi connectivity index (χ2v) is 6.24. The van der Waals surface area contributed by atoms with Crippen LogP contribution in [-0.2, 0) is 17.9 Å². The van der Waals surface area contributed by atoms with E-state index in [-0.39, 0.29) is 24.8 Å². The fourth-order valence-electron chi connectivity index (χ4n) is 3.10. The number of nitrogens with zero attached hydrogens (tertiary/aromatic N) is 2. The average Bonchev–Trinajstić information content (AvgIpc) is 3.09. The van der Waals surface area contributed by atoms with Gasteiger partial charge in [-0.3, -0.25) is 9.59 Å². The van der Waals surface area contributed by atoms with Crippen LogP contribution in [0.2, 0.25) is 0 Å². The lowest BCUT2D eigenvalue weighted by molar-refractivity contribution is -0.121. The third-order valence-corrected chi connectivity index (χ3v) is 4.48. The van der Waals surface area contributed by atoms with Crippen LogP contribution in [0.15, 0.2) is 48.5 Å². The number of carbonyl (C=O) groups is 2. The van der Waals surface area contributed by atoms with Gasteiger partial charge in [0.25, 0.3) is 5.91 Å². The quantitative estimate of drug-likeness (QED) is 0.629. The number of para-hydroxylation sites is 3. The standard InChI is InChI=1S/C21H24N4O3/c1-3-25-17-10-6-5-9-16(17)24-19(25)14-23-20(26)12-13-22-21(27)15-8-4-7-11-18(15)28-2/h4-11H,3,12-14H2,1-2H3,(H,22,27)(H,23,26). The van der Waals surface area contributed by atoms with Gasteiger partial charge in [0.05, 0.1) is 30.3 Å². The van der Waals surface area contributed by atoms with E-state index < -0.39 is 0 Å². The first kappa shape index (κ1) is 19.4. The number of carbonyl (C=O) groups excluding carboxylic acids is 2. The maximum absolute atomic E-state index is 12.2. The zero-order valence-electron chi connectivity index (χ0n) is 16.1. The molecule has 2 amide bonds. The van der Waals surface area contributed by atoms with Gasteiger partial charge < -0.3 is 19.9 Å². The first-order valence-electron chi connectivity index (χ1n) is 9.26. The first-order chi connectivity index (χ1) is 13.6. The minimum absolute atomic E-state index is 0.143. The third-order valence-electron chi connectivity index (χ3n) is 4.48. The Morgan fingerprint density at radius 1 is 1.07 bits per heavy atom. The summed E-state index contributed by atoms with van der Waals surface area (Å²) in [7, 11) is 1.52. The van der Waals surface area contributed by atoms with Crippen LogP contribution >= 0.6 is 0 Å². The van der Waals surface area contributed by atoms with E-state index in [0.29, 0.717) is 17.9 Å². The Morgan fingerprint density at radius 2 is 1.82 bits per heavy atom. The van der Waals surface area contributed by atoms with Crippen molar-refractivity contribution in [2.75, 3.05) is 13.7 Å². The number of rotatable bonds is 8. The molecule has 1 aromatic heterocycles. The average molecular weight is 380 g/mol. The molecule has 7 heteroatoms. The van der Waals surface area contributed by atoms with Crippen LogP contribution in [0.3, 0.4) is 0 Å². The maximum atomic E-state index is 12.2. The minimum Gasteiger partial charge on any atom is -0.496 e. The zero-order chi connectivity index (χ0) is 19.9. The number of fused-ring (bicyclic) bond motifs is 1. The third kappa shape index (κ3) is 4.31. The van der Waals surface area contributed by atoms with Gasteiger partial charge in [0.2, 0.25) is 5.91 Å². The predicted molar refractivity (Wildman–Crippen MR) is 107 cm³/mol. The Labute approximate surface area is 163 Å². The van der Waals surface area contributed by atoms with Crippen LogP contribution < -0.4 is 15.4 Å². The summed E-state index contributed by atoms with van der Waals surface area (Å²) < 4.78 is 7.26. The van der Waals surface area contributed by atoms with Gasteiger partial charge in [-0.15, -0.1) is 0 Å². The Balaban J connectivity index is 1.51. The summed E-state index contributed by atoms with van der Waals surface area (Å²) >= 11 is 0. The van der Waals surface area contributed by atoms with Crippen LogP contribution in [0.25, 0.3) is 11.0 Å². The molecule has 2 N–H and O–H groups in total. The molecule has 1 heterocycles. The van der Waals surface area contributed by atoms with E-state index in [0.717, 1.165) is 23.4 Å². The molecule has 0 radical (unpaired) electrons. The van der Waals surface area contributed by atoms with Crippen molar-refractivity contribution in [1.82, 2.24) is 20.2 Å². The highest BCUT2D eigenvalue weighted by Gasteiger charge is 2.13. The second kappa shape index (κ2) is 9.03. The summed E-state index contributed by atoms with van der Waals surface area (Å²) in [5.74, 6) is 0.908. The molecule has 0 bridgehead atoms. The number of aryl methyl sites for hydroxylation is 1. The molecule has 146 valence electrons. The lowest BCUT2D eigenvalue weighted by atomic mass is 10.2. The summed E-state index contributed by atoms with van der Waals surface area (Å²) in [6, 6.07) is 14.9.